The molecule has 2 aliphatic heterocycles. The summed E-state index contributed by atoms with van der Waals surface area (Å²) in [4.78, 5) is 25.6. The van der Waals surface area contributed by atoms with Gasteiger partial charge in [-0.3, -0.25) is 14.3 Å². The first-order valence-corrected chi connectivity index (χ1v) is 8.93. The van der Waals surface area contributed by atoms with Crippen molar-refractivity contribution in [3.05, 3.63) is 69.0 Å². The van der Waals surface area contributed by atoms with E-state index in [2.05, 4.69) is 4.98 Å². The van der Waals surface area contributed by atoms with Crippen LogP contribution in [0.1, 0.15) is 25.6 Å². The number of alkyl halides is 1. The molecular weight excluding hydrogens is 371 g/mol. The molecule has 2 aliphatic rings. The number of H-pyrrole nitrogens is 1. The lowest BCUT2D eigenvalue weighted by atomic mass is 10.1. The number of hydrogen-bond acceptors (Lipinski definition) is 6. The highest BCUT2D eigenvalue weighted by Gasteiger charge is 2.64. The molecule has 1 aromatic heterocycles. The molecule has 150 valence electrons. The first kappa shape index (κ1) is 19.0. The molecule has 4 rings (SSSR count). The second-order valence-corrected chi connectivity index (χ2v) is 7.31. The summed E-state index contributed by atoms with van der Waals surface area (Å²) in [6, 6.07) is 10.5. The third kappa shape index (κ3) is 3.53. The van der Waals surface area contributed by atoms with Gasteiger partial charge in [-0.05, 0) is 19.4 Å². The van der Waals surface area contributed by atoms with Crippen molar-refractivity contribution >= 4 is 0 Å². The van der Waals surface area contributed by atoms with Crippen molar-refractivity contribution in [2.45, 2.75) is 50.5 Å². The Morgan fingerprint density at radius 2 is 1.89 bits per heavy atom. The van der Waals surface area contributed by atoms with Crippen molar-refractivity contribution in [1.82, 2.24) is 9.55 Å². The van der Waals surface area contributed by atoms with Crippen LogP contribution >= 0.6 is 0 Å². The van der Waals surface area contributed by atoms with E-state index in [1.807, 2.05) is 30.3 Å². The van der Waals surface area contributed by atoms with Crippen LogP contribution in [0.3, 0.4) is 0 Å². The van der Waals surface area contributed by atoms with E-state index in [0.717, 1.165) is 16.2 Å². The van der Waals surface area contributed by atoms with Gasteiger partial charge in [0.2, 0.25) is 0 Å². The lowest BCUT2D eigenvalue weighted by Gasteiger charge is -2.28. The van der Waals surface area contributed by atoms with Gasteiger partial charge in [-0.2, -0.15) is 0 Å². The van der Waals surface area contributed by atoms with Crippen LogP contribution in [0.4, 0.5) is 4.39 Å². The number of fused-ring (bicyclic) bond motifs is 1. The third-order valence-corrected chi connectivity index (χ3v) is 4.69. The Morgan fingerprint density at radius 1 is 1.14 bits per heavy atom. The van der Waals surface area contributed by atoms with E-state index >= 15 is 4.39 Å². The molecule has 0 amide bonds. The largest absolute Gasteiger partial charge is 0.371 e. The van der Waals surface area contributed by atoms with Gasteiger partial charge < -0.3 is 18.9 Å². The number of benzene rings is 1. The SMILES string of the molecule is CC1(C)O[C@H]2[C@H](n3ccc(=O)[nH]c3=O)O[C@](F)(COCc3ccccc3)[C@H]2O1. The standard InChI is InChI=1S/C19H21FN2O6/c1-18(2)26-14-15(27-18)19(20,11-25-10-12-6-4-3-5-7-12)28-16(14)22-9-8-13(23)21-17(22)24/h3-9,14-16H,10-11H2,1-2H3,(H,21,23,24)/t14-,15+,16-,19-/m1/s1. The average molecular weight is 392 g/mol. The highest BCUT2D eigenvalue weighted by Crippen LogP contribution is 2.48. The minimum atomic E-state index is -2.33. The highest BCUT2D eigenvalue weighted by atomic mass is 19.2. The quantitative estimate of drug-likeness (QED) is 0.829. The predicted octanol–water partition coefficient (Wildman–Crippen LogP) is 1.47. The Hall–Kier alpha value is -2.33. The fourth-order valence-electron chi connectivity index (χ4n) is 3.51. The molecule has 0 unspecified atom stereocenters. The normalized spacial score (nSPS) is 31.0. The van der Waals surface area contributed by atoms with Gasteiger partial charge in [0, 0.05) is 12.3 Å². The average Bonchev–Trinajstić information content (AvgIpc) is 3.09. The van der Waals surface area contributed by atoms with E-state index in [9.17, 15) is 9.59 Å². The molecule has 2 aromatic rings. The highest BCUT2D eigenvalue weighted by molar-refractivity contribution is 5.13. The molecule has 1 N–H and O–H groups in total. The maximum Gasteiger partial charge on any atom is 0.330 e. The molecule has 28 heavy (non-hydrogen) atoms. The molecule has 0 radical (unpaired) electrons. The van der Waals surface area contributed by atoms with Gasteiger partial charge in [0.05, 0.1) is 6.61 Å². The fourth-order valence-corrected chi connectivity index (χ4v) is 3.51. The van der Waals surface area contributed by atoms with Crippen molar-refractivity contribution in [3.63, 3.8) is 0 Å². The van der Waals surface area contributed by atoms with Crippen LogP contribution in [0.15, 0.2) is 52.2 Å². The summed E-state index contributed by atoms with van der Waals surface area (Å²) >= 11 is 0. The second-order valence-electron chi connectivity index (χ2n) is 7.31. The van der Waals surface area contributed by atoms with Crippen LogP contribution in [-0.4, -0.2) is 40.0 Å². The van der Waals surface area contributed by atoms with Crippen LogP contribution < -0.4 is 11.2 Å². The molecule has 4 atom stereocenters. The van der Waals surface area contributed by atoms with Gasteiger partial charge >= 0.3 is 5.69 Å². The third-order valence-electron chi connectivity index (χ3n) is 4.69. The zero-order valence-corrected chi connectivity index (χ0v) is 15.5. The van der Waals surface area contributed by atoms with Crippen molar-refractivity contribution in [2.24, 2.45) is 0 Å². The Bertz CT molecular complexity index is 959. The molecule has 9 heteroatoms. The molecule has 2 fully saturated rings. The van der Waals surface area contributed by atoms with Crippen molar-refractivity contribution in [3.8, 4) is 0 Å². The van der Waals surface area contributed by atoms with Gasteiger partial charge in [-0.15, -0.1) is 0 Å². The van der Waals surface area contributed by atoms with Crippen LogP contribution in [-0.2, 0) is 25.6 Å². The molecule has 1 aromatic carbocycles. The summed E-state index contributed by atoms with van der Waals surface area (Å²) in [6.07, 6.45) is -1.85. The lowest BCUT2D eigenvalue weighted by Crippen LogP contribution is -2.43. The number of halogens is 1. The summed E-state index contributed by atoms with van der Waals surface area (Å²) in [5.41, 5.74) is -0.394. The molecule has 0 spiro atoms. The van der Waals surface area contributed by atoms with E-state index in [1.165, 1.54) is 6.20 Å². The number of aromatic amines is 1. The Labute approximate surface area is 159 Å². The number of rotatable bonds is 5. The number of ether oxygens (including phenoxy) is 4. The maximum atomic E-state index is 15.7. The van der Waals surface area contributed by atoms with Crippen LogP contribution in [0.2, 0.25) is 0 Å². The first-order chi connectivity index (χ1) is 13.3. The summed E-state index contributed by atoms with van der Waals surface area (Å²) in [6.45, 7) is 3.10. The summed E-state index contributed by atoms with van der Waals surface area (Å²) < 4.78 is 39.4. The Morgan fingerprint density at radius 3 is 2.61 bits per heavy atom. The van der Waals surface area contributed by atoms with E-state index < -0.39 is 47.9 Å². The van der Waals surface area contributed by atoms with Gasteiger partial charge in [0.1, 0.15) is 12.7 Å². The topological polar surface area (TPSA) is 91.8 Å². The van der Waals surface area contributed by atoms with Gasteiger partial charge in [-0.25, -0.2) is 9.18 Å². The van der Waals surface area contributed by atoms with Crippen LogP contribution in [0.5, 0.6) is 0 Å². The fraction of sp³-hybridized carbons (Fsp3) is 0.474. The van der Waals surface area contributed by atoms with Gasteiger partial charge in [0.15, 0.2) is 18.1 Å². The van der Waals surface area contributed by atoms with Gasteiger partial charge in [0.25, 0.3) is 11.4 Å². The molecule has 8 nitrogen and oxygen atoms in total. The van der Waals surface area contributed by atoms with Crippen molar-refractivity contribution < 1.29 is 23.3 Å². The lowest BCUT2D eigenvalue weighted by molar-refractivity contribution is -0.270. The van der Waals surface area contributed by atoms with E-state index in [0.29, 0.717) is 0 Å². The summed E-state index contributed by atoms with van der Waals surface area (Å²) in [5, 5.41) is 0. The molecule has 0 bridgehead atoms. The monoisotopic (exact) mass is 392 g/mol. The van der Waals surface area contributed by atoms with E-state index in [4.69, 9.17) is 18.9 Å². The zero-order chi connectivity index (χ0) is 19.9. The first-order valence-electron chi connectivity index (χ1n) is 8.93. The summed E-state index contributed by atoms with van der Waals surface area (Å²) in [7, 11) is 0. The van der Waals surface area contributed by atoms with E-state index in [1.54, 1.807) is 13.8 Å². The zero-order valence-electron chi connectivity index (χ0n) is 15.5. The van der Waals surface area contributed by atoms with Gasteiger partial charge in [-0.1, -0.05) is 30.3 Å². The smallest absolute Gasteiger partial charge is 0.330 e. The number of hydrogen-bond donors (Lipinski definition) is 1. The summed E-state index contributed by atoms with van der Waals surface area (Å²) in [5.74, 6) is -3.38. The number of nitrogens with zero attached hydrogens (tertiary/aromatic N) is 1. The molecule has 0 saturated carbocycles. The molecule has 2 saturated heterocycles. The minimum Gasteiger partial charge on any atom is -0.371 e. The van der Waals surface area contributed by atoms with Crippen LogP contribution in [0.25, 0.3) is 0 Å². The second kappa shape index (κ2) is 6.93. The minimum absolute atomic E-state index is 0.195. The number of aromatic nitrogens is 2. The maximum absolute atomic E-state index is 15.7. The molecular formula is C19H21FN2O6. The molecule has 3 heterocycles. The molecule has 0 aliphatic carbocycles. The Balaban J connectivity index is 1.57. The van der Waals surface area contributed by atoms with Crippen LogP contribution in [0, 0.1) is 0 Å². The Kier molecular flexibility index (Phi) is 4.70. The predicted molar refractivity (Wildman–Crippen MR) is 95.2 cm³/mol. The van der Waals surface area contributed by atoms with Crippen molar-refractivity contribution in [1.29, 1.82) is 0 Å². The van der Waals surface area contributed by atoms with E-state index in [-0.39, 0.29) is 6.61 Å². The number of nitrogens with one attached hydrogen (secondary N) is 1. The van der Waals surface area contributed by atoms with Crippen molar-refractivity contribution in [2.75, 3.05) is 6.61 Å².